The number of ether oxygens (including phenoxy) is 1. The lowest BCUT2D eigenvalue weighted by Gasteiger charge is -2.09. The lowest BCUT2D eigenvalue weighted by Crippen LogP contribution is -2.07. The van der Waals surface area contributed by atoms with Gasteiger partial charge in [-0.1, -0.05) is 30.3 Å². The molecule has 0 aliphatic rings. The normalized spacial score (nSPS) is 10.7. The van der Waals surface area contributed by atoms with Gasteiger partial charge in [0.1, 0.15) is 18.2 Å². The average molecular weight is 332 g/mol. The lowest BCUT2D eigenvalue weighted by molar-refractivity contribution is -0.108. The Hall–Kier alpha value is -2.66. The van der Waals surface area contributed by atoms with Crippen molar-refractivity contribution in [3.63, 3.8) is 0 Å². The maximum absolute atomic E-state index is 13.7. The summed E-state index contributed by atoms with van der Waals surface area (Å²) in [4.78, 5) is 25.8. The number of ketones is 1. The first kappa shape index (κ1) is 15.2. The second-order valence-corrected chi connectivity index (χ2v) is 5.25. The number of benzene rings is 2. The van der Waals surface area contributed by atoms with E-state index in [1.807, 2.05) is 30.3 Å². The van der Waals surface area contributed by atoms with E-state index in [-0.39, 0.29) is 17.9 Å². The number of Topliss-reactive ketones (excluding diaryl/α,β-unsaturated/α-hetero) is 1. The van der Waals surface area contributed by atoms with E-state index in [0.717, 1.165) is 5.56 Å². The van der Waals surface area contributed by atoms with E-state index in [0.29, 0.717) is 10.9 Å². The summed E-state index contributed by atoms with van der Waals surface area (Å²) in [6.45, 7) is 0.201. The van der Waals surface area contributed by atoms with Gasteiger partial charge in [-0.15, -0.1) is 0 Å². The molecular weight excluding hydrogens is 321 g/mol. The van der Waals surface area contributed by atoms with Crippen LogP contribution in [0.5, 0.6) is 5.75 Å². The molecule has 2 aromatic carbocycles. The zero-order valence-electron chi connectivity index (χ0n) is 11.8. The van der Waals surface area contributed by atoms with Crippen molar-refractivity contribution >= 4 is 33.5 Å². The molecule has 6 heteroatoms. The molecule has 0 fully saturated rings. The molecule has 0 bridgehead atoms. The summed E-state index contributed by atoms with van der Waals surface area (Å²) < 4.78 is 19.4. The minimum Gasteiger partial charge on any atom is -0.488 e. The molecule has 1 aromatic heterocycles. The van der Waals surface area contributed by atoms with Crippen LogP contribution in [0.3, 0.4) is 0 Å². The number of carbonyl (C=O) groups excluding carboxylic acids is 2. The van der Waals surface area contributed by atoms with Gasteiger partial charge in [-0.25, -0.2) is 4.39 Å². The van der Waals surface area contributed by atoms with Crippen LogP contribution in [0.1, 0.15) is 15.9 Å². The zero-order valence-corrected chi connectivity index (χ0v) is 12.6. The van der Waals surface area contributed by atoms with Crippen LogP contribution in [0, 0.1) is 5.82 Å². The zero-order chi connectivity index (χ0) is 16.4. The Bertz CT molecular complexity index is 889. The van der Waals surface area contributed by atoms with Gasteiger partial charge in [0, 0.05) is 12.3 Å². The molecule has 0 atom stereocenters. The van der Waals surface area contributed by atoms with Crippen LogP contribution in [0.25, 0.3) is 10.9 Å². The molecule has 23 heavy (non-hydrogen) atoms. The van der Waals surface area contributed by atoms with Crippen molar-refractivity contribution in [2.45, 2.75) is 6.61 Å². The number of carbonyl (C=O) groups is 2. The first-order chi connectivity index (χ1) is 11.1. The SMILES string of the molecule is O=C(Cl)C(=O)c1c[nH]c2cc(F)cc(OCc3ccccc3)c12. The summed E-state index contributed by atoms with van der Waals surface area (Å²) in [6.07, 6.45) is 1.32. The molecule has 0 unspecified atom stereocenters. The molecule has 116 valence electrons. The molecule has 0 saturated heterocycles. The van der Waals surface area contributed by atoms with Crippen molar-refractivity contribution in [3.8, 4) is 5.75 Å². The fourth-order valence-electron chi connectivity index (χ4n) is 2.33. The van der Waals surface area contributed by atoms with Crippen LogP contribution in [-0.4, -0.2) is 16.0 Å². The summed E-state index contributed by atoms with van der Waals surface area (Å²) in [5, 5.41) is -0.773. The highest BCUT2D eigenvalue weighted by atomic mass is 35.5. The van der Waals surface area contributed by atoms with Crippen molar-refractivity contribution < 1.29 is 18.7 Å². The first-order valence-corrected chi connectivity index (χ1v) is 7.15. The molecule has 1 N–H and O–H groups in total. The van der Waals surface area contributed by atoms with Crippen LogP contribution < -0.4 is 4.74 Å². The van der Waals surface area contributed by atoms with Gasteiger partial charge in [0.05, 0.1) is 16.5 Å². The van der Waals surface area contributed by atoms with Crippen LogP contribution in [0.15, 0.2) is 48.7 Å². The van der Waals surface area contributed by atoms with E-state index in [9.17, 15) is 14.0 Å². The molecule has 0 spiro atoms. The summed E-state index contributed by atoms with van der Waals surface area (Å²) in [5.74, 6) is -1.21. The number of aromatic nitrogens is 1. The Morgan fingerprint density at radius 1 is 1.17 bits per heavy atom. The van der Waals surface area contributed by atoms with Crippen molar-refractivity contribution in [1.82, 2.24) is 4.98 Å². The van der Waals surface area contributed by atoms with Gasteiger partial charge in [0.15, 0.2) is 0 Å². The van der Waals surface area contributed by atoms with Gasteiger partial charge in [-0.05, 0) is 23.2 Å². The highest BCUT2D eigenvalue weighted by Crippen LogP contribution is 2.31. The Labute approximate surface area is 135 Å². The lowest BCUT2D eigenvalue weighted by atomic mass is 10.1. The maximum atomic E-state index is 13.7. The van der Waals surface area contributed by atoms with E-state index in [4.69, 9.17) is 16.3 Å². The quantitative estimate of drug-likeness (QED) is 0.439. The predicted octanol–water partition coefficient (Wildman–Crippen LogP) is 3.83. The van der Waals surface area contributed by atoms with E-state index in [1.54, 1.807) is 0 Å². The maximum Gasteiger partial charge on any atom is 0.293 e. The molecule has 0 amide bonds. The van der Waals surface area contributed by atoms with Gasteiger partial charge in [0.2, 0.25) is 5.78 Å². The summed E-state index contributed by atoms with van der Waals surface area (Å²) >= 11 is 5.26. The Morgan fingerprint density at radius 2 is 1.91 bits per heavy atom. The van der Waals surface area contributed by atoms with Crippen molar-refractivity contribution in [3.05, 3.63) is 65.6 Å². The number of hydrogen-bond acceptors (Lipinski definition) is 3. The number of nitrogens with one attached hydrogen (secondary N) is 1. The molecule has 3 aromatic rings. The molecule has 4 nitrogen and oxygen atoms in total. The third-order valence-electron chi connectivity index (χ3n) is 3.37. The molecule has 0 saturated carbocycles. The Balaban J connectivity index is 2.02. The van der Waals surface area contributed by atoms with Gasteiger partial charge < -0.3 is 9.72 Å². The topological polar surface area (TPSA) is 59.2 Å². The highest BCUT2D eigenvalue weighted by molar-refractivity contribution is 6.83. The van der Waals surface area contributed by atoms with Crippen molar-refractivity contribution in [2.24, 2.45) is 0 Å². The molecular formula is C17H11ClFNO3. The van der Waals surface area contributed by atoms with E-state index in [2.05, 4.69) is 4.98 Å². The number of halogens is 2. The number of aromatic amines is 1. The van der Waals surface area contributed by atoms with Gasteiger partial charge in [-0.3, -0.25) is 9.59 Å². The monoisotopic (exact) mass is 331 g/mol. The van der Waals surface area contributed by atoms with Crippen LogP contribution in [-0.2, 0) is 11.4 Å². The molecule has 1 heterocycles. The largest absolute Gasteiger partial charge is 0.488 e. The predicted molar refractivity (Wildman–Crippen MR) is 84.2 cm³/mol. The average Bonchev–Trinajstić information content (AvgIpc) is 2.96. The number of fused-ring (bicyclic) bond motifs is 1. The molecule has 0 aliphatic heterocycles. The summed E-state index contributed by atoms with van der Waals surface area (Å²) in [6, 6.07) is 11.7. The summed E-state index contributed by atoms with van der Waals surface area (Å²) in [7, 11) is 0. The minimum absolute atomic E-state index is 0.0584. The molecule has 0 radical (unpaired) electrons. The van der Waals surface area contributed by atoms with Gasteiger partial charge in [-0.2, -0.15) is 0 Å². The van der Waals surface area contributed by atoms with Crippen LogP contribution in [0.2, 0.25) is 0 Å². The Morgan fingerprint density at radius 3 is 2.61 bits per heavy atom. The summed E-state index contributed by atoms with van der Waals surface area (Å²) in [5.41, 5.74) is 1.30. The smallest absolute Gasteiger partial charge is 0.293 e. The Kier molecular flexibility index (Phi) is 4.12. The third-order valence-corrected chi connectivity index (χ3v) is 3.54. The third kappa shape index (κ3) is 3.10. The highest BCUT2D eigenvalue weighted by Gasteiger charge is 2.21. The van der Waals surface area contributed by atoms with Crippen molar-refractivity contribution in [2.75, 3.05) is 0 Å². The standard InChI is InChI=1S/C17H11ClFNO3/c18-17(22)16(21)12-8-20-13-6-11(19)7-14(15(12)13)23-9-10-4-2-1-3-5-10/h1-8,20H,9H2. The van der Waals surface area contributed by atoms with Crippen LogP contribution >= 0.6 is 11.6 Å². The second kappa shape index (κ2) is 6.22. The number of rotatable bonds is 5. The second-order valence-electron chi connectivity index (χ2n) is 4.91. The van der Waals surface area contributed by atoms with Gasteiger partial charge in [0.25, 0.3) is 5.24 Å². The van der Waals surface area contributed by atoms with Crippen molar-refractivity contribution in [1.29, 1.82) is 0 Å². The van der Waals surface area contributed by atoms with E-state index >= 15 is 0 Å². The molecule has 3 rings (SSSR count). The fraction of sp³-hybridized carbons (Fsp3) is 0.0588. The molecule has 0 aliphatic carbocycles. The fourth-order valence-corrected chi connectivity index (χ4v) is 2.43. The van der Waals surface area contributed by atoms with Crippen LogP contribution in [0.4, 0.5) is 4.39 Å². The van der Waals surface area contributed by atoms with Gasteiger partial charge >= 0.3 is 0 Å². The number of H-pyrrole nitrogens is 1. The first-order valence-electron chi connectivity index (χ1n) is 6.78. The minimum atomic E-state index is -1.11. The van der Waals surface area contributed by atoms with E-state index < -0.39 is 16.8 Å². The number of hydrogen-bond donors (Lipinski definition) is 1. The van der Waals surface area contributed by atoms with E-state index in [1.165, 1.54) is 18.3 Å².